The van der Waals surface area contributed by atoms with Gasteiger partial charge in [0.25, 0.3) is 5.91 Å². The van der Waals surface area contributed by atoms with Gasteiger partial charge in [-0.2, -0.15) is 0 Å². The molecule has 1 aromatic heterocycles. The summed E-state index contributed by atoms with van der Waals surface area (Å²) in [6.07, 6.45) is 0.689. The van der Waals surface area contributed by atoms with Gasteiger partial charge in [-0.3, -0.25) is 14.2 Å². The number of aliphatic carboxylic acids is 1. The highest BCUT2D eigenvalue weighted by atomic mass is 79.9. The molecule has 0 aliphatic heterocycles. The van der Waals surface area contributed by atoms with Crippen LogP contribution >= 0.6 is 27.5 Å². The Kier molecular flexibility index (Phi) is 6.58. The monoisotopic (exact) mass is 491 g/mol. The van der Waals surface area contributed by atoms with Crippen molar-refractivity contribution < 1.29 is 19.4 Å². The molecule has 3 rings (SSSR count). The van der Waals surface area contributed by atoms with Crippen molar-refractivity contribution in [2.45, 2.75) is 33.1 Å². The number of carbonyl (C=O) groups is 2. The van der Waals surface area contributed by atoms with Crippen LogP contribution in [0.25, 0.3) is 10.9 Å². The Balaban J connectivity index is 2.36. The fourth-order valence-corrected chi connectivity index (χ4v) is 4.36. The molecule has 1 unspecified atom stereocenters. The third-order valence-electron chi connectivity index (χ3n) is 5.61. The van der Waals surface area contributed by atoms with Crippen molar-refractivity contribution in [2.75, 3.05) is 7.11 Å². The normalized spacial score (nSPS) is 13.3. The second-order valence-corrected chi connectivity index (χ2v) is 8.67. The van der Waals surface area contributed by atoms with E-state index in [1.807, 2.05) is 13.8 Å². The zero-order valence-corrected chi connectivity index (χ0v) is 19.5. The number of carboxylic acids is 1. The van der Waals surface area contributed by atoms with Crippen LogP contribution in [-0.4, -0.2) is 28.7 Å². The summed E-state index contributed by atoms with van der Waals surface area (Å²) in [6.45, 7) is 5.65. The Morgan fingerprint density at radius 2 is 1.87 bits per heavy atom. The minimum absolute atomic E-state index is 0.121. The number of nitrogens with zero attached hydrogens (tertiary/aromatic N) is 1. The second-order valence-electron chi connectivity index (χ2n) is 7.35. The number of fused-ring (bicyclic) bond motifs is 1. The number of benzene rings is 2. The number of hydrogen-bond donors (Lipinski definition) is 1. The molecule has 0 aliphatic carbocycles. The van der Waals surface area contributed by atoms with E-state index >= 15 is 0 Å². The van der Waals surface area contributed by atoms with Gasteiger partial charge >= 0.3 is 5.97 Å². The Hall–Kier alpha value is -2.31. The van der Waals surface area contributed by atoms with Gasteiger partial charge in [-0.15, -0.1) is 0 Å². The predicted molar refractivity (Wildman–Crippen MR) is 122 cm³/mol. The van der Waals surface area contributed by atoms with E-state index < -0.39 is 11.9 Å². The van der Waals surface area contributed by atoms with Gasteiger partial charge in [-0.1, -0.05) is 47.8 Å². The SMILES string of the molecule is CCC(C)[C@H](C(=O)O)c1c(C)n(C(=O)c2ccc(Br)cc2)c2cc(Cl)c(OC)cc12. The van der Waals surface area contributed by atoms with Crippen LogP contribution in [0.4, 0.5) is 0 Å². The molecule has 0 radical (unpaired) electrons. The van der Waals surface area contributed by atoms with Gasteiger partial charge in [0.2, 0.25) is 0 Å². The van der Waals surface area contributed by atoms with Crippen molar-refractivity contribution in [3.63, 3.8) is 0 Å². The molecule has 0 saturated heterocycles. The molecule has 7 heteroatoms. The zero-order valence-electron chi connectivity index (χ0n) is 17.2. The Morgan fingerprint density at radius 1 is 1.23 bits per heavy atom. The van der Waals surface area contributed by atoms with E-state index in [1.54, 1.807) is 47.9 Å². The highest BCUT2D eigenvalue weighted by Gasteiger charge is 2.33. The molecule has 0 amide bonds. The zero-order chi connectivity index (χ0) is 22.2. The Labute approximate surface area is 188 Å². The van der Waals surface area contributed by atoms with Crippen molar-refractivity contribution in [2.24, 2.45) is 5.92 Å². The van der Waals surface area contributed by atoms with Gasteiger partial charge in [0, 0.05) is 21.1 Å². The molecule has 0 bridgehead atoms. The van der Waals surface area contributed by atoms with E-state index in [1.165, 1.54) is 7.11 Å². The molecule has 158 valence electrons. The first kappa shape index (κ1) is 22.4. The molecular weight excluding hydrogens is 470 g/mol. The molecule has 2 aromatic carbocycles. The van der Waals surface area contributed by atoms with Crippen LogP contribution in [0, 0.1) is 12.8 Å². The van der Waals surface area contributed by atoms with E-state index in [0.29, 0.717) is 44.9 Å². The molecule has 2 atom stereocenters. The lowest BCUT2D eigenvalue weighted by molar-refractivity contribution is -0.140. The molecule has 0 aliphatic rings. The van der Waals surface area contributed by atoms with Crippen LogP contribution < -0.4 is 4.74 Å². The molecule has 1 N–H and O–H groups in total. The highest BCUT2D eigenvalue weighted by molar-refractivity contribution is 9.10. The van der Waals surface area contributed by atoms with E-state index in [9.17, 15) is 14.7 Å². The maximum Gasteiger partial charge on any atom is 0.311 e. The fourth-order valence-electron chi connectivity index (χ4n) is 3.86. The topological polar surface area (TPSA) is 68.5 Å². The van der Waals surface area contributed by atoms with Gasteiger partial charge in [-0.05, 0) is 54.8 Å². The highest BCUT2D eigenvalue weighted by Crippen LogP contribution is 2.41. The second kappa shape index (κ2) is 8.82. The van der Waals surface area contributed by atoms with E-state index in [-0.39, 0.29) is 11.8 Å². The van der Waals surface area contributed by atoms with Crippen molar-refractivity contribution >= 4 is 50.3 Å². The number of halogens is 2. The van der Waals surface area contributed by atoms with Crippen LogP contribution in [0.3, 0.4) is 0 Å². The summed E-state index contributed by atoms with van der Waals surface area (Å²) in [5, 5.41) is 11.0. The maximum atomic E-state index is 13.4. The minimum Gasteiger partial charge on any atom is -0.495 e. The van der Waals surface area contributed by atoms with Crippen LogP contribution in [0.15, 0.2) is 40.9 Å². The molecule has 3 aromatic rings. The van der Waals surface area contributed by atoms with E-state index in [0.717, 1.165) is 4.47 Å². The lowest BCUT2D eigenvalue weighted by Crippen LogP contribution is -2.21. The number of hydrogen-bond acceptors (Lipinski definition) is 3. The van der Waals surface area contributed by atoms with Gasteiger partial charge in [0.05, 0.1) is 23.6 Å². The maximum absolute atomic E-state index is 13.4. The van der Waals surface area contributed by atoms with Crippen molar-refractivity contribution in [3.8, 4) is 5.75 Å². The predicted octanol–water partition coefficient (Wildman–Crippen LogP) is 6.28. The van der Waals surface area contributed by atoms with Crippen molar-refractivity contribution in [1.82, 2.24) is 4.57 Å². The summed E-state index contributed by atoms with van der Waals surface area (Å²) in [7, 11) is 1.51. The molecule has 0 saturated carbocycles. The summed E-state index contributed by atoms with van der Waals surface area (Å²) in [5.41, 5.74) is 2.27. The number of carbonyl (C=O) groups excluding carboxylic acids is 1. The van der Waals surface area contributed by atoms with Crippen LogP contribution in [0.1, 0.15) is 47.8 Å². The smallest absolute Gasteiger partial charge is 0.311 e. The van der Waals surface area contributed by atoms with Gasteiger partial charge in [0.1, 0.15) is 5.75 Å². The first-order chi connectivity index (χ1) is 14.2. The first-order valence-electron chi connectivity index (χ1n) is 9.62. The van der Waals surface area contributed by atoms with Crippen LogP contribution in [0.5, 0.6) is 5.75 Å². The molecule has 1 heterocycles. The largest absolute Gasteiger partial charge is 0.495 e. The Morgan fingerprint density at radius 3 is 2.40 bits per heavy atom. The number of methoxy groups -OCH3 is 1. The van der Waals surface area contributed by atoms with Crippen LogP contribution in [-0.2, 0) is 4.79 Å². The molecule has 0 spiro atoms. The summed E-state index contributed by atoms with van der Waals surface area (Å²) >= 11 is 9.75. The Bertz CT molecular complexity index is 1120. The fraction of sp³-hybridized carbons (Fsp3) is 0.304. The van der Waals surface area contributed by atoms with E-state index in [2.05, 4.69) is 15.9 Å². The van der Waals surface area contributed by atoms with Gasteiger partial charge < -0.3 is 9.84 Å². The van der Waals surface area contributed by atoms with E-state index in [4.69, 9.17) is 16.3 Å². The number of ether oxygens (including phenoxy) is 1. The van der Waals surface area contributed by atoms with Crippen molar-refractivity contribution in [1.29, 1.82) is 0 Å². The average molecular weight is 493 g/mol. The van der Waals surface area contributed by atoms with Crippen molar-refractivity contribution in [3.05, 3.63) is 62.7 Å². The summed E-state index contributed by atoms with van der Waals surface area (Å²) in [5.74, 6) is -1.61. The third kappa shape index (κ3) is 3.86. The number of rotatable bonds is 6. The lowest BCUT2D eigenvalue weighted by Gasteiger charge is -2.20. The van der Waals surface area contributed by atoms with Gasteiger partial charge in [-0.25, -0.2) is 0 Å². The molecule has 0 fully saturated rings. The first-order valence-corrected chi connectivity index (χ1v) is 10.8. The summed E-state index contributed by atoms with van der Waals surface area (Å²) < 4.78 is 7.78. The van der Waals surface area contributed by atoms with Gasteiger partial charge in [0.15, 0.2) is 0 Å². The third-order valence-corrected chi connectivity index (χ3v) is 6.43. The molecule has 5 nitrogen and oxygen atoms in total. The lowest BCUT2D eigenvalue weighted by atomic mass is 9.84. The van der Waals surface area contributed by atoms with Crippen LogP contribution in [0.2, 0.25) is 5.02 Å². The quantitative estimate of drug-likeness (QED) is 0.440. The standard InChI is InChI=1S/C23H23BrClNO4/c1-5-12(2)20(23(28)29)21-13(3)26(22(27)14-6-8-15(24)9-7-14)18-11-17(25)19(30-4)10-16(18)21/h6-12,20H,5H2,1-4H3,(H,28,29)/t12?,20-/m0/s1. The average Bonchev–Trinajstić information content (AvgIpc) is 2.98. The molecule has 30 heavy (non-hydrogen) atoms. The number of aromatic nitrogens is 1. The summed E-state index contributed by atoms with van der Waals surface area (Å²) in [4.78, 5) is 25.7. The minimum atomic E-state index is -0.920. The molecular formula is C23H23BrClNO4. The summed E-state index contributed by atoms with van der Waals surface area (Å²) in [6, 6.07) is 10.4. The number of carboxylic acid groups (broad SMARTS) is 1.